The summed E-state index contributed by atoms with van der Waals surface area (Å²) in [5.74, 6) is 0. The number of rotatable bonds is 3. The number of nitrogens with zero attached hydrogens (tertiary/aromatic N) is 2. The quantitative estimate of drug-likeness (QED) is 0.775. The summed E-state index contributed by atoms with van der Waals surface area (Å²) in [4.78, 5) is 0. The molecule has 2 rings (SSSR count). The molecule has 2 nitrogen and oxygen atoms in total. The molecule has 1 heterocycles. The highest BCUT2D eigenvalue weighted by molar-refractivity contribution is 9.09. The van der Waals surface area contributed by atoms with Gasteiger partial charge in [0.25, 0.3) is 0 Å². The van der Waals surface area contributed by atoms with E-state index in [-0.39, 0.29) is 0 Å². The molecule has 0 radical (unpaired) electrons. The van der Waals surface area contributed by atoms with E-state index in [1.807, 2.05) is 35.5 Å². The summed E-state index contributed by atoms with van der Waals surface area (Å²) >= 11 is 9.53. The van der Waals surface area contributed by atoms with Gasteiger partial charge >= 0.3 is 0 Å². The zero-order valence-corrected chi connectivity index (χ0v) is 11.1. The Balaban J connectivity index is 2.10. The minimum absolute atomic E-state index is 0.715. The summed E-state index contributed by atoms with van der Waals surface area (Å²) in [5, 5.41) is 8.02. The second kappa shape index (κ2) is 5.51. The number of halogens is 2. The zero-order valence-electron chi connectivity index (χ0n) is 8.74. The normalized spacial score (nSPS) is 15.1. The van der Waals surface area contributed by atoms with Gasteiger partial charge in [-0.05, 0) is 11.6 Å². The molecule has 0 fully saturated rings. The van der Waals surface area contributed by atoms with Gasteiger partial charge in [0.15, 0.2) is 0 Å². The van der Waals surface area contributed by atoms with Gasteiger partial charge in [-0.25, -0.2) is 0 Å². The van der Waals surface area contributed by atoms with E-state index < -0.39 is 0 Å². The maximum atomic E-state index is 6.11. The predicted molar refractivity (Wildman–Crippen MR) is 72.0 cm³/mol. The number of hydrogen-bond acceptors (Lipinski definition) is 2. The van der Waals surface area contributed by atoms with E-state index in [1.165, 1.54) is 0 Å². The summed E-state index contributed by atoms with van der Waals surface area (Å²) in [6, 6.07) is 7.85. The maximum Gasteiger partial charge on any atom is 0.0673 e. The van der Waals surface area contributed by atoms with Gasteiger partial charge in [-0.3, -0.25) is 5.01 Å². The second-order valence-corrected chi connectivity index (χ2v) is 4.55. The van der Waals surface area contributed by atoms with Crippen LogP contribution < -0.4 is 0 Å². The van der Waals surface area contributed by atoms with Crippen molar-refractivity contribution >= 4 is 33.2 Å². The van der Waals surface area contributed by atoms with Crippen LogP contribution in [0.3, 0.4) is 0 Å². The predicted octanol–water partition coefficient (Wildman–Crippen LogP) is 3.81. The first-order valence-corrected chi connectivity index (χ1v) is 6.58. The monoisotopic (exact) mass is 298 g/mol. The highest BCUT2D eigenvalue weighted by Gasteiger charge is 2.08. The van der Waals surface area contributed by atoms with Crippen molar-refractivity contribution in [3.8, 4) is 0 Å². The van der Waals surface area contributed by atoms with Crippen LogP contribution >= 0.6 is 27.5 Å². The molecule has 0 spiro atoms. The van der Waals surface area contributed by atoms with Gasteiger partial charge in [0, 0.05) is 23.0 Å². The molecule has 0 amide bonds. The molecule has 0 atom stereocenters. The first-order chi connectivity index (χ1) is 7.79. The van der Waals surface area contributed by atoms with E-state index in [4.69, 9.17) is 11.6 Å². The average molecular weight is 300 g/mol. The molecular formula is C12H12BrClN2. The van der Waals surface area contributed by atoms with Gasteiger partial charge in [0.1, 0.15) is 0 Å². The Morgan fingerprint density at radius 1 is 1.38 bits per heavy atom. The molecule has 0 N–H and O–H groups in total. The van der Waals surface area contributed by atoms with E-state index in [0.29, 0.717) is 6.54 Å². The Hall–Kier alpha value is -0.800. The largest absolute Gasteiger partial charge is 0.269 e. The standard InChI is InChI=1S/C12H12BrClN2/c13-8-11-5-3-7-16(15-11)9-10-4-1-2-6-12(10)14/h1-4,6-7H,5,8-9H2. The smallest absolute Gasteiger partial charge is 0.0673 e. The molecule has 0 bridgehead atoms. The lowest BCUT2D eigenvalue weighted by atomic mass is 10.2. The maximum absolute atomic E-state index is 6.11. The molecule has 4 heteroatoms. The molecule has 1 aromatic carbocycles. The molecule has 1 aromatic rings. The van der Waals surface area contributed by atoms with Crippen LogP contribution in [-0.2, 0) is 6.54 Å². The highest BCUT2D eigenvalue weighted by atomic mass is 79.9. The lowest BCUT2D eigenvalue weighted by Gasteiger charge is -2.20. The fourth-order valence-corrected chi connectivity index (χ4v) is 2.07. The van der Waals surface area contributed by atoms with Gasteiger partial charge in [-0.15, -0.1) is 0 Å². The Kier molecular flexibility index (Phi) is 4.02. The Bertz CT molecular complexity index is 429. The van der Waals surface area contributed by atoms with Crippen LogP contribution in [-0.4, -0.2) is 16.1 Å². The lowest BCUT2D eigenvalue weighted by Crippen LogP contribution is -2.17. The van der Waals surface area contributed by atoms with Crippen LogP contribution in [0.4, 0.5) is 0 Å². The molecule has 0 aliphatic carbocycles. The molecule has 0 aromatic heterocycles. The van der Waals surface area contributed by atoms with Gasteiger partial charge in [-0.1, -0.05) is 51.8 Å². The Morgan fingerprint density at radius 2 is 2.19 bits per heavy atom. The summed E-state index contributed by atoms with van der Waals surface area (Å²) in [7, 11) is 0. The third kappa shape index (κ3) is 2.86. The van der Waals surface area contributed by atoms with E-state index in [9.17, 15) is 0 Å². The molecule has 0 saturated heterocycles. The van der Waals surface area contributed by atoms with Crippen LogP contribution in [0.15, 0.2) is 41.6 Å². The summed E-state index contributed by atoms with van der Waals surface area (Å²) in [6.07, 6.45) is 5.03. The number of alkyl halides is 1. The molecule has 1 aliphatic heterocycles. The van der Waals surface area contributed by atoms with Crippen molar-refractivity contribution in [3.63, 3.8) is 0 Å². The van der Waals surface area contributed by atoms with E-state index >= 15 is 0 Å². The van der Waals surface area contributed by atoms with Crippen molar-refractivity contribution in [1.29, 1.82) is 0 Å². The summed E-state index contributed by atoms with van der Waals surface area (Å²) in [6.45, 7) is 0.715. The third-order valence-corrected chi connectivity index (χ3v) is 3.36. The van der Waals surface area contributed by atoms with Gasteiger partial charge < -0.3 is 0 Å². The van der Waals surface area contributed by atoms with Crippen LogP contribution in [0.25, 0.3) is 0 Å². The molecule has 84 valence electrons. The Labute approximate surface area is 109 Å². The first kappa shape index (κ1) is 11.7. The molecule has 16 heavy (non-hydrogen) atoms. The van der Waals surface area contributed by atoms with Crippen LogP contribution in [0.5, 0.6) is 0 Å². The molecular weight excluding hydrogens is 288 g/mol. The average Bonchev–Trinajstić information content (AvgIpc) is 2.32. The first-order valence-electron chi connectivity index (χ1n) is 5.08. The highest BCUT2D eigenvalue weighted by Crippen LogP contribution is 2.18. The fraction of sp³-hybridized carbons (Fsp3) is 0.250. The number of benzene rings is 1. The van der Waals surface area contributed by atoms with E-state index in [2.05, 4.69) is 27.1 Å². The van der Waals surface area contributed by atoms with E-state index in [0.717, 1.165) is 28.0 Å². The van der Waals surface area contributed by atoms with Crippen molar-refractivity contribution in [2.75, 3.05) is 5.33 Å². The fourth-order valence-electron chi connectivity index (χ4n) is 1.54. The second-order valence-electron chi connectivity index (χ2n) is 3.58. The number of allylic oxidation sites excluding steroid dienone is 1. The summed E-state index contributed by atoms with van der Waals surface area (Å²) in [5.41, 5.74) is 2.22. The van der Waals surface area contributed by atoms with Crippen molar-refractivity contribution in [2.24, 2.45) is 5.10 Å². The van der Waals surface area contributed by atoms with Crippen LogP contribution in [0.2, 0.25) is 5.02 Å². The number of hydrazone groups is 1. The van der Waals surface area contributed by atoms with Gasteiger partial charge in [0.05, 0.1) is 12.3 Å². The Morgan fingerprint density at radius 3 is 2.94 bits per heavy atom. The van der Waals surface area contributed by atoms with Gasteiger partial charge in [0.2, 0.25) is 0 Å². The SMILES string of the molecule is Clc1ccccc1CN1C=CCC(CBr)=N1. The van der Waals surface area contributed by atoms with Crippen LogP contribution in [0.1, 0.15) is 12.0 Å². The van der Waals surface area contributed by atoms with Crippen molar-refractivity contribution in [2.45, 2.75) is 13.0 Å². The van der Waals surface area contributed by atoms with Crippen molar-refractivity contribution < 1.29 is 0 Å². The third-order valence-electron chi connectivity index (χ3n) is 2.35. The van der Waals surface area contributed by atoms with Crippen molar-refractivity contribution in [1.82, 2.24) is 5.01 Å². The van der Waals surface area contributed by atoms with Crippen LogP contribution in [0, 0.1) is 0 Å². The molecule has 0 unspecified atom stereocenters. The zero-order chi connectivity index (χ0) is 11.4. The summed E-state index contributed by atoms with van der Waals surface area (Å²) < 4.78 is 0. The molecule has 0 saturated carbocycles. The lowest BCUT2D eigenvalue weighted by molar-refractivity contribution is 0.385. The minimum atomic E-state index is 0.715. The molecule has 1 aliphatic rings. The topological polar surface area (TPSA) is 15.6 Å². The minimum Gasteiger partial charge on any atom is -0.269 e. The number of hydrogen-bond donors (Lipinski definition) is 0. The van der Waals surface area contributed by atoms with Crippen molar-refractivity contribution in [3.05, 3.63) is 47.1 Å². The van der Waals surface area contributed by atoms with E-state index in [1.54, 1.807) is 0 Å². The van der Waals surface area contributed by atoms with Gasteiger partial charge in [-0.2, -0.15) is 5.10 Å².